The van der Waals surface area contributed by atoms with Crippen LogP contribution in [0.4, 0.5) is 5.69 Å². The van der Waals surface area contributed by atoms with Gasteiger partial charge in [0.25, 0.3) is 5.91 Å². The normalized spacial score (nSPS) is 15.7. The largest absolute Gasteiger partial charge is 0.321 e. The molecular formula is C15H18BrN5O. The molecule has 1 saturated heterocycles. The Labute approximate surface area is 137 Å². The third kappa shape index (κ3) is 3.36. The average Bonchev–Trinajstić information content (AvgIpc) is 3.02. The Kier molecular flexibility index (Phi) is 4.54. The Morgan fingerprint density at radius 2 is 2.18 bits per heavy atom. The van der Waals surface area contributed by atoms with E-state index >= 15 is 0 Å². The highest BCUT2D eigenvalue weighted by Crippen LogP contribution is 2.21. The second-order valence-electron chi connectivity index (χ2n) is 5.48. The SMILES string of the molecule is Cc1cc(NC(=O)c2cn(C3CCNCC3)nn2)ccc1Br. The van der Waals surface area contributed by atoms with Gasteiger partial charge >= 0.3 is 0 Å². The molecule has 1 aromatic heterocycles. The van der Waals surface area contributed by atoms with E-state index in [2.05, 4.69) is 36.9 Å². The fourth-order valence-corrected chi connectivity index (χ4v) is 2.79. The van der Waals surface area contributed by atoms with Crippen LogP contribution in [0.25, 0.3) is 0 Å². The molecule has 1 aliphatic rings. The predicted octanol–water partition coefficient (Wildman–Crippen LogP) is 2.53. The molecule has 0 atom stereocenters. The third-order valence-corrected chi connectivity index (χ3v) is 4.73. The first-order valence-corrected chi connectivity index (χ1v) is 8.13. The zero-order chi connectivity index (χ0) is 15.5. The van der Waals surface area contributed by atoms with Crippen LogP contribution in [0.15, 0.2) is 28.9 Å². The monoisotopic (exact) mass is 363 g/mol. The van der Waals surface area contributed by atoms with E-state index < -0.39 is 0 Å². The Balaban J connectivity index is 1.69. The molecule has 0 unspecified atom stereocenters. The molecule has 116 valence electrons. The number of halogens is 1. The number of hydrogen-bond donors (Lipinski definition) is 2. The van der Waals surface area contributed by atoms with Crippen molar-refractivity contribution in [2.45, 2.75) is 25.8 Å². The lowest BCUT2D eigenvalue weighted by molar-refractivity contribution is 0.102. The topological polar surface area (TPSA) is 71.8 Å². The molecule has 3 rings (SSSR count). The summed E-state index contributed by atoms with van der Waals surface area (Å²) < 4.78 is 2.82. The maximum atomic E-state index is 12.3. The van der Waals surface area contributed by atoms with Crippen molar-refractivity contribution in [3.05, 3.63) is 40.1 Å². The van der Waals surface area contributed by atoms with Crippen molar-refractivity contribution < 1.29 is 4.79 Å². The van der Waals surface area contributed by atoms with E-state index in [1.54, 1.807) is 6.20 Å². The highest BCUT2D eigenvalue weighted by Gasteiger charge is 2.18. The van der Waals surface area contributed by atoms with E-state index in [4.69, 9.17) is 0 Å². The van der Waals surface area contributed by atoms with Gasteiger partial charge in [0.15, 0.2) is 5.69 Å². The van der Waals surface area contributed by atoms with Crippen molar-refractivity contribution in [1.82, 2.24) is 20.3 Å². The lowest BCUT2D eigenvalue weighted by Crippen LogP contribution is -2.29. The molecule has 1 aliphatic heterocycles. The molecule has 2 aromatic rings. The quantitative estimate of drug-likeness (QED) is 0.878. The molecule has 0 spiro atoms. The summed E-state index contributed by atoms with van der Waals surface area (Å²) in [5.74, 6) is -0.234. The number of nitrogens with one attached hydrogen (secondary N) is 2. The van der Waals surface area contributed by atoms with Gasteiger partial charge in [-0.3, -0.25) is 4.79 Å². The summed E-state index contributed by atoms with van der Waals surface area (Å²) in [4.78, 5) is 12.3. The van der Waals surface area contributed by atoms with E-state index in [1.807, 2.05) is 29.8 Å². The van der Waals surface area contributed by atoms with Crippen molar-refractivity contribution >= 4 is 27.5 Å². The van der Waals surface area contributed by atoms with Gasteiger partial charge in [-0.15, -0.1) is 5.10 Å². The smallest absolute Gasteiger partial charge is 0.277 e. The highest BCUT2D eigenvalue weighted by atomic mass is 79.9. The van der Waals surface area contributed by atoms with E-state index in [0.717, 1.165) is 41.7 Å². The Bertz CT molecular complexity index is 678. The summed E-state index contributed by atoms with van der Waals surface area (Å²) in [6.45, 7) is 3.93. The minimum Gasteiger partial charge on any atom is -0.321 e. The molecule has 1 aromatic carbocycles. The molecule has 2 N–H and O–H groups in total. The van der Waals surface area contributed by atoms with Gasteiger partial charge in [0.1, 0.15) is 0 Å². The van der Waals surface area contributed by atoms with Gasteiger partial charge in [-0.2, -0.15) is 0 Å². The van der Waals surface area contributed by atoms with Gasteiger partial charge in [0.2, 0.25) is 0 Å². The zero-order valence-corrected chi connectivity index (χ0v) is 13.9. The number of aryl methyl sites for hydroxylation is 1. The Morgan fingerprint density at radius 1 is 1.41 bits per heavy atom. The molecule has 1 fully saturated rings. The molecule has 0 bridgehead atoms. The molecule has 7 heteroatoms. The fourth-order valence-electron chi connectivity index (χ4n) is 2.55. The van der Waals surface area contributed by atoms with Gasteiger partial charge in [0, 0.05) is 10.2 Å². The number of rotatable bonds is 3. The standard InChI is InChI=1S/C15H18BrN5O/c1-10-8-11(2-3-13(10)16)18-15(22)14-9-21(20-19-14)12-4-6-17-7-5-12/h2-3,8-9,12,17H,4-7H2,1H3,(H,18,22). The second kappa shape index (κ2) is 6.58. The van der Waals surface area contributed by atoms with Crippen LogP contribution >= 0.6 is 15.9 Å². The van der Waals surface area contributed by atoms with Gasteiger partial charge in [-0.1, -0.05) is 21.1 Å². The summed E-state index contributed by atoms with van der Waals surface area (Å²) in [5.41, 5.74) is 2.16. The minimum absolute atomic E-state index is 0.234. The van der Waals surface area contributed by atoms with E-state index in [1.165, 1.54) is 0 Å². The summed E-state index contributed by atoms with van der Waals surface area (Å²) >= 11 is 3.44. The van der Waals surface area contributed by atoms with E-state index in [0.29, 0.717) is 11.7 Å². The van der Waals surface area contributed by atoms with Crippen LogP contribution in [0, 0.1) is 6.92 Å². The molecule has 6 nitrogen and oxygen atoms in total. The molecule has 1 amide bonds. The lowest BCUT2D eigenvalue weighted by Gasteiger charge is -2.22. The maximum absolute atomic E-state index is 12.3. The maximum Gasteiger partial charge on any atom is 0.277 e. The van der Waals surface area contributed by atoms with Crippen molar-refractivity contribution in [3.8, 4) is 0 Å². The molecule has 0 saturated carbocycles. The Hall–Kier alpha value is -1.73. The minimum atomic E-state index is -0.234. The summed E-state index contributed by atoms with van der Waals surface area (Å²) in [7, 11) is 0. The fraction of sp³-hybridized carbons (Fsp3) is 0.400. The zero-order valence-electron chi connectivity index (χ0n) is 12.3. The van der Waals surface area contributed by atoms with Crippen LogP contribution in [0.5, 0.6) is 0 Å². The van der Waals surface area contributed by atoms with Crippen molar-refractivity contribution in [1.29, 1.82) is 0 Å². The van der Waals surface area contributed by atoms with Crippen molar-refractivity contribution in [3.63, 3.8) is 0 Å². The number of benzene rings is 1. The van der Waals surface area contributed by atoms with Gasteiger partial charge in [-0.05, 0) is 56.6 Å². The van der Waals surface area contributed by atoms with E-state index in [9.17, 15) is 4.79 Å². The summed E-state index contributed by atoms with van der Waals surface area (Å²) in [6.07, 6.45) is 3.75. The number of carbonyl (C=O) groups excluding carboxylic acids is 1. The second-order valence-corrected chi connectivity index (χ2v) is 6.34. The number of anilines is 1. The highest BCUT2D eigenvalue weighted by molar-refractivity contribution is 9.10. The molecule has 22 heavy (non-hydrogen) atoms. The van der Waals surface area contributed by atoms with E-state index in [-0.39, 0.29) is 5.91 Å². The van der Waals surface area contributed by atoms with Gasteiger partial charge in [-0.25, -0.2) is 4.68 Å². The summed E-state index contributed by atoms with van der Waals surface area (Å²) in [5, 5.41) is 14.3. The predicted molar refractivity (Wildman–Crippen MR) is 88.0 cm³/mol. The first-order chi connectivity index (χ1) is 10.6. The third-order valence-electron chi connectivity index (χ3n) is 3.84. The lowest BCUT2D eigenvalue weighted by atomic mass is 10.1. The summed E-state index contributed by atoms with van der Waals surface area (Å²) in [6, 6.07) is 6.01. The number of amides is 1. The molecule has 2 heterocycles. The average molecular weight is 364 g/mol. The molecular weight excluding hydrogens is 346 g/mol. The van der Waals surface area contributed by atoms with Crippen LogP contribution < -0.4 is 10.6 Å². The number of piperidine rings is 1. The van der Waals surface area contributed by atoms with Crippen molar-refractivity contribution in [2.24, 2.45) is 0 Å². The number of hydrogen-bond acceptors (Lipinski definition) is 4. The molecule has 0 aliphatic carbocycles. The first-order valence-electron chi connectivity index (χ1n) is 7.33. The number of aromatic nitrogens is 3. The Morgan fingerprint density at radius 3 is 2.91 bits per heavy atom. The van der Waals surface area contributed by atoms with Crippen LogP contribution in [0.2, 0.25) is 0 Å². The molecule has 0 radical (unpaired) electrons. The van der Waals surface area contributed by atoms with Crippen LogP contribution in [0.1, 0.15) is 34.9 Å². The van der Waals surface area contributed by atoms with Crippen molar-refractivity contribution in [2.75, 3.05) is 18.4 Å². The number of carbonyl (C=O) groups is 1. The van der Waals surface area contributed by atoms with Crippen LogP contribution in [-0.2, 0) is 0 Å². The van der Waals surface area contributed by atoms with Gasteiger partial charge < -0.3 is 10.6 Å². The number of nitrogens with zero attached hydrogens (tertiary/aromatic N) is 3. The first kappa shape index (κ1) is 15.2. The van der Waals surface area contributed by atoms with Crippen LogP contribution in [0.3, 0.4) is 0 Å². The van der Waals surface area contributed by atoms with Gasteiger partial charge in [0.05, 0.1) is 12.2 Å². The van der Waals surface area contributed by atoms with Crippen LogP contribution in [-0.4, -0.2) is 34.0 Å².